The molecule has 28 heavy (non-hydrogen) atoms. The van der Waals surface area contributed by atoms with Crippen LogP contribution < -0.4 is 10.2 Å². The van der Waals surface area contributed by atoms with Crippen molar-refractivity contribution in [3.8, 4) is 0 Å². The first-order valence-corrected chi connectivity index (χ1v) is 10.4. The fourth-order valence-corrected chi connectivity index (χ4v) is 4.31. The zero-order chi connectivity index (χ0) is 19.2. The lowest BCUT2D eigenvalue weighted by Crippen LogP contribution is -2.56. The molecule has 0 saturated carbocycles. The number of carbonyl (C=O) groups excluding carboxylic acids is 1. The van der Waals surface area contributed by atoms with Crippen molar-refractivity contribution in [3.05, 3.63) is 66.2 Å². The van der Waals surface area contributed by atoms with E-state index in [-0.39, 0.29) is 6.03 Å². The SMILES string of the molecule is O=C(NCc1ccccc1)N1CCC[C@@H](N2CCN(c3ccccc3)CC2)C1. The van der Waals surface area contributed by atoms with Gasteiger partial charge in [-0.15, -0.1) is 0 Å². The van der Waals surface area contributed by atoms with E-state index in [9.17, 15) is 4.79 Å². The Labute approximate surface area is 167 Å². The number of nitrogens with one attached hydrogen (secondary N) is 1. The molecule has 2 fully saturated rings. The van der Waals surface area contributed by atoms with Crippen LogP contribution in [0.25, 0.3) is 0 Å². The third-order valence-corrected chi connectivity index (χ3v) is 5.92. The third-order valence-electron chi connectivity index (χ3n) is 5.92. The van der Waals surface area contributed by atoms with Crippen molar-refractivity contribution in [2.45, 2.75) is 25.4 Å². The number of piperidine rings is 1. The molecule has 2 heterocycles. The number of benzene rings is 2. The normalized spacial score (nSPS) is 20.8. The van der Waals surface area contributed by atoms with Crippen molar-refractivity contribution < 1.29 is 4.79 Å². The van der Waals surface area contributed by atoms with E-state index in [1.165, 1.54) is 12.1 Å². The summed E-state index contributed by atoms with van der Waals surface area (Å²) in [7, 11) is 0. The van der Waals surface area contributed by atoms with Gasteiger partial charge in [-0.3, -0.25) is 4.90 Å². The molecule has 0 spiro atoms. The number of anilines is 1. The lowest BCUT2D eigenvalue weighted by molar-refractivity contribution is 0.104. The molecule has 0 unspecified atom stereocenters. The molecule has 2 amide bonds. The standard InChI is InChI=1S/C23H30N4O/c28-23(24-18-20-8-3-1-4-9-20)27-13-7-12-22(19-27)26-16-14-25(15-17-26)21-10-5-2-6-11-21/h1-6,8-11,22H,7,12-19H2,(H,24,28)/t22-/m1/s1. The van der Waals surface area contributed by atoms with Crippen LogP contribution in [-0.2, 0) is 6.54 Å². The molecule has 5 heteroatoms. The van der Waals surface area contributed by atoms with Gasteiger partial charge in [0.15, 0.2) is 0 Å². The summed E-state index contributed by atoms with van der Waals surface area (Å²) in [5, 5.41) is 3.08. The van der Waals surface area contributed by atoms with E-state index < -0.39 is 0 Å². The topological polar surface area (TPSA) is 38.8 Å². The molecule has 5 nitrogen and oxygen atoms in total. The summed E-state index contributed by atoms with van der Waals surface area (Å²) in [6, 6.07) is 21.3. The van der Waals surface area contributed by atoms with Crippen molar-refractivity contribution in [1.82, 2.24) is 15.1 Å². The molecule has 2 aromatic rings. The Morgan fingerprint density at radius 1 is 0.893 bits per heavy atom. The maximum Gasteiger partial charge on any atom is 0.317 e. The van der Waals surface area contributed by atoms with E-state index in [1.54, 1.807) is 0 Å². The van der Waals surface area contributed by atoms with Crippen LogP contribution >= 0.6 is 0 Å². The molecule has 0 aliphatic carbocycles. The predicted octanol–water partition coefficient (Wildman–Crippen LogP) is 3.18. The van der Waals surface area contributed by atoms with E-state index in [1.807, 2.05) is 35.2 Å². The van der Waals surface area contributed by atoms with Crippen LogP contribution in [0.1, 0.15) is 18.4 Å². The molecule has 2 aliphatic heterocycles. The number of carbonyl (C=O) groups is 1. The number of hydrogen-bond acceptors (Lipinski definition) is 3. The van der Waals surface area contributed by atoms with E-state index in [0.717, 1.165) is 51.3 Å². The monoisotopic (exact) mass is 378 g/mol. The van der Waals surface area contributed by atoms with Crippen LogP contribution in [-0.4, -0.2) is 61.1 Å². The quantitative estimate of drug-likeness (QED) is 0.888. The molecule has 2 aromatic carbocycles. The van der Waals surface area contributed by atoms with Crippen LogP contribution in [0.4, 0.5) is 10.5 Å². The van der Waals surface area contributed by atoms with Gasteiger partial charge in [0.1, 0.15) is 0 Å². The van der Waals surface area contributed by atoms with Crippen LogP contribution in [0.15, 0.2) is 60.7 Å². The summed E-state index contributed by atoms with van der Waals surface area (Å²) in [6.07, 6.45) is 2.27. The van der Waals surface area contributed by atoms with E-state index in [2.05, 4.69) is 45.4 Å². The first-order valence-electron chi connectivity index (χ1n) is 10.4. The third kappa shape index (κ3) is 4.65. The number of nitrogens with zero attached hydrogens (tertiary/aromatic N) is 3. The van der Waals surface area contributed by atoms with Gasteiger partial charge in [0.25, 0.3) is 0 Å². The highest BCUT2D eigenvalue weighted by Gasteiger charge is 2.29. The molecule has 148 valence electrons. The van der Waals surface area contributed by atoms with E-state index >= 15 is 0 Å². The molecule has 0 aromatic heterocycles. The molecule has 1 N–H and O–H groups in total. The maximum absolute atomic E-state index is 12.6. The minimum absolute atomic E-state index is 0.0662. The number of rotatable bonds is 4. The van der Waals surface area contributed by atoms with Crippen molar-refractivity contribution in [3.63, 3.8) is 0 Å². The van der Waals surface area contributed by atoms with Crippen LogP contribution in [0.2, 0.25) is 0 Å². The number of para-hydroxylation sites is 1. The number of hydrogen-bond donors (Lipinski definition) is 1. The minimum atomic E-state index is 0.0662. The molecular formula is C23H30N4O. The summed E-state index contributed by atoms with van der Waals surface area (Å²) in [5.41, 5.74) is 2.45. The van der Waals surface area contributed by atoms with Gasteiger partial charge < -0.3 is 15.1 Å². The fraction of sp³-hybridized carbons (Fsp3) is 0.435. The summed E-state index contributed by atoms with van der Waals surface area (Å²) in [4.78, 5) is 19.7. The van der Waals surface area contributed by atoms with E-state index in [0.29, 0.717) is 12.6 Å². The molecule has 1 atom stereocenters. The fourth-order valence-electron chi connectivity index (χ4n) is 4.31. The van der Waals surface area contributed by atoms with Crippen molar-refractivity contribution in [1.29, 1.82) is 0 Å². The van der Waals surface area contributed by atoms with Gasteiger partial charge in [-0.1, -0.05) is 48.5 Å². The van der Waals surface area contributed by atoms with Crippen molar-refractivity contribution in [2.75, 3.05) is 44.2 Å². The Balaban J connectivity index is 1.26. The lowest BCUT2D eigenvalue weighted by Gasteiger charge is -2.43. The predicted molar refractivity (Wildman–Crippen MR) is 114 cm³/mol. The zero-order valence-corrected chi connectivity index (χ0v) is 16.5. The highest BCUT2D eigenvalue weighted by molar-refractivity contribution is 5.74. The first-order chi connectivity index (χ1) is 13.8. The smallest absolute Gasteiger partial charge is 0.317 e. The Hall–Kier alpha value is -2.53. The number of amides is 2. The first kappa shape index (κ1) is 18.8. The molecule has 0 radical (unpaired) electrons. The molecule has 4 rings (SSSR count). The average molecular weight is 379 g/mol. The Morgan fingerprint density at radius 3 is 2.29 bits per heavy atom. The summed E-state index contributed by atoms with van der Waals surface area (Å²) in [6.45, 7) is 6.54. The second kappa shape index (κ2) is 9.11. The summed E-state index contributed by atoms with van der Waals surface area (Å²) in [5.74, 6) is 0. The minimum Gasteiger partial charge on any atom is -0.369 e. The number of urea groups is 1. The largest absolute Gasteiger partial charge is 0.369 e. The summed E-state index contributed by atoms with van der Waals surface area (Å²) < 4.78 is 0. The van der Waals surface area contributed by atoms with Gasteiger partial charge in [0, 0.05) is 57.5 Å². The van der Waals surface area contributed by atoms with Crippen molar-refractivity contribution >= 4 is 11.7 Å². The Kier molecular flexibility index (Phi) is 6.12. The lowest BCUT2D eigenvalue weighted by atomic mass is 10.0. The maximum atomic E-state index is 12.6. The van der Waals surface area contributed by atoms with Gasteiger partial charge >= 0.3 is 6.03 Å². The second-order valence-electron chi connectivity index (χ2n) is 7.74. The zero-order valence-electron chi connectivity index (χ0n) is 16.5. The molecule has 2 saturated heterocycles. The molecular weight excluding hydrogens is 348 g/mol. The Morgan fingerprint density at radius 2 is 1.57 bits per heavy atom. The highest BCUT2D eigenvalue weighted by atomic mass is 16.2. The molecule has 0 bridgehead atoms. The van der Waals surface area contributed by atoms with Crippen LogP contribution in [0, 0.1) is 0 Å². The van der Waals surface area contributed by atoms with Gasteiger partial charge in [-0.25, -0.2) is 4.79 Å². The van der Waals surface area contributed by atoms with Crippen molar-refractivity contribution in [2.24, 2.45) is 0 Å². The molecule has 2 aliphatic rings. The number of piperazine rings is 1. The highest BCUT2D eigenvalue weighted by Crippen LogP contribution is 2.21. The van der Waals surface area contributed by atoms with E-state index in [4.69, 9.17) is 0 Å². The van der Waals surface area contributed by atoms with Crippen LogP contribution in [0.5, 0.6) is 0 Å². The van der Waals surface area contributed by atoms with Gasteiger partial charge in [-0.2, -0.15) is 0 Å². The Bertz CT molecular complexity index is 744. The van der Waals surface area contributed by atoms with Gasteiger partial charge in [0.05, 0.1) is 0 Å². The summed E-state index contributed by atoms with van der Waals surface area (Å²) >= 11 is 0. The average Bonchev–Trinajstić information content (AvgIpc) is 2.79. The second-order valence-corrected chi connectivity index (χ2v) is 7.74. The van der Waals surface area contributed by atoms with Gasteiger partial charge in [-0.05, 0) is 30.5 Å². The van der Waals surface area contributed by atoms with Gasteiger partial charge in [0.2, 0.25) is 0 Å². The van der Waals surface area contributed by atoms with Crippen LogP contribution in [0.3, 0.4) is 0 Å². The number of likely N-dealkylation sites (tertiary alicyclic amines) is 1.